The van der Waals surface area contributed by atoms with E-state index in [9.17, 15) is 9.90 Å². The number of methoxy groups -OCH3 is 1. The summed E-state index contributed by atoms with van der Waals surface area (Å²) in [4.78, 5) is 15.0. The fourth-order valence-electron chi connectivity index (χ4n) is 4.14. The Balaban J connectivity index is 1.81. The molecule has 4 nitrogen and oxygen atoms in total. The van der Waals surface area contributed by atoms with Crippen LogP contribution in [0.5, 0.6) is 5.75 Å². The molecule has 1 amide bonds. The smallest absolute Gasteiger partial charge is 0.290 e. The lowest BCUT2D eigenvalue weighted by molar-refractivity contribution is -0.130. The summed E-state index contributed by atoms with van der Waals surface area (Å²) in [6.45, 7) is 4.47. The highest BCUT2D eigenvalue weighted by atomic mass is 16.5. The summed E-state index contributed by atoms with van der Waals surface area (Å²) in [6.07, 6.45) is 0.945. The molecule has 0 fully saturated rings. The molecule has 0 bridgehead atoms. The van der Waals surface area contributed by atoms with E-state index >= 15 is 0 Å². The third-order valence-electron chi connectivity index (χ3n) is 5.90. The van der Waals surface area contributed by atoms with E-state index < -0.39 is 0 Å². The number of para-hydroxylation sites is 1. The standard InChI is InChI=1S/C27H27NO3/c1-4-19-11-15-21(16-12-19)25-24(20-13-9-18(2)10-14-20)26(29)27(30)28(25)17-22-7-5-6-8-23(22)31-3/h5-16,25,29H,4,17H2,1-3H3/t25-/m1/s1. The Hall–Kier alpha value is -3.53. The van der Waals surface area contributed by atoms with Gasteiger partial charge in [0.25, 0.3) is 5.91 Å². The average molecular weight is 414 g/mol. The van der Waals surface area contributed by atoms with Crippen LogP contribution in [0.1, 0.15) is 40.8 Å². The molecule has 158 valence electrons. The molecule has 3 aromatic carbocycles. The SMILES string of the molecule is CCc1ccc([C@@H]2C(c3ccc(C)cc3)=C(O)C(=O)N2Cc2ccccc2OC)cc1. The van der Waals surface area contributed by atoms with Crippen molar-refractivity contribution in [3.05, 3.63) is 106 Å². The highest BCUT2D eigenvalue weighted by molar-refractivity contribution is 6.05. The summed E-state index contributed by atoms with van der Waals surface area (Å²) in [6, 6.07) is 23.5. The Labute approximate surface area is 183 Å². The number of hydrogen-bond donors (Lipinski definition) is 1. The van der Waals surface area contributed by atoms with Crippen molar-refractivity contribution in [2.75, 3.05) is 7.11 Å². The minimum Gasteiger partial charge on any atom is -0.503 e. The van der Waals surface area contributed by atoms with Crippen molar-refractivity contribution < 1.29 is 14.6 Å². The second-order valence-electron chi connectivity index (χ2n) is 7.87. The summed E-state index contributed by atoms with van der Waals surface area (Å²) in [7, 11) is 1.62. The number of rotatable bonds is 6. The van der Waals surface area contributed by atoms with E-state index in [1.165, 1.54) is 5.56 Å². The zero-order valence-corrected chi connectivity index (χ0v) is 18.1. The lowest BCUT2D eigenvalue weighted by atomic mass is 9.92. The third kappa shape index (κ3) is 3.93. The molecule has 0 spiro atoms. The minimum atomic E-state index is -0.383. The molecule has 1 heterocycles. The fraction of sp³-hybridized carbons (Fsp3) is 0.222. The number of aliphatic hydroxyl groups is 1. The van der Waals surface area contributed by atoms with Gasteiger partial charge in [-0.05, 0) is 36.1 Å². The number of aryl methyl sites for hydroxylation is 2. The van der Waals surface area contributed by atoms with E-state index in [4.69, 9.17) is 4.74 Å². The van der Waals surface area contributed by atoms with E-state index in [2.05, 4.69) is 31.2 Å². The topological polar surface area (TPSA) is 49.8 Å². The van der Waals surface area contributed by atoms with Crippen LogP contribution < -0.4 is 4.74 Å². The summed E-state index contributed by atoms with van der Waals surface area (Å²) in [5, 5.41) is 10.9. The van der Waals surface area contributed by atoms with Gasteiger partial charge in [-0.2, -0.15) is 0 Å². The Kier molecular flexibility index (Phi) is 5.81. The molecule has 0 aliphatic carbocycles. The van der Waals surface area contributed by atoms with Crippen molar-refractivity contribution in [3.63, 3.8) is 0 Å². The largest absolute Gasteiger partial charge is 0.503 e. The number of carbonyl (C=O) groups excluding carboxylic acids is 1. The van der Waals surface area contributed by atoms with E-state index in [1.54, 1.807) is 12.0 Å². The maximum atomic E-state index is 13.2. The van der Waals surface area contributed by atoms with Crippen LogP contribution in [0.3, 0.4) is 0 Å². The lowest BCUT2D eigenvalue weighted by Crippen LogP contribution is -2.30. The molecule has 1 atom stereocenters. The van der Waals surface area contributed by atoms with Gasteiger partial charge in [-0.3, -0.25) is 4.79 Å². The number of nitrogens with zero attached hydrogens (tertiary/aromatic N) is 1. The highest BCUT2D eigenvalue weighted by Crippen LogP contribution is 2.44. The predicted molar refractivity (Wildman–Crippen MR) is 123 cm³/mol. The van der Waals surface area contributed by atoms with Crippen molar-refractivity contribution in [2.24, 2.45) is 0 Å². The van der Waals surface area contributed by atoms with Gasteiger partial charge in [-0.25, -0.2) is 0 Å². The average Bonchev–Trinajstić information content (AvgIpc) is 3.05. The zero-order chi connectivity index (χ0) is 22.0. The van der Waals surface area contributed by atoms with Crippen molar-refractivity contribution in [3.8, 4) is 5.75 Å². The van der Waals surface area contributed by atoms with E-state index in [-0.39, 0.29) is 17.7 Å². The summed E-state index contributed by atoms with van der Waals surface area (Å²) >= 11 is 0. The van der Waals surface area contributed by atoms with Gasteiger partial charge in [-0.15, -0.1) is 0 Å². The molecule has 3 aromatic rings. The van der Waals surface area contributed by atoms with Gasteiger partial charge in [0.05, 0.1) is 19.7 Å². The van der Waals surface area contributed by atoms with Crippen molar-refractivity contribution >= 4 is 11.5 Å². The number of carbonyl (C=O) groups is 1. The van der Waals surface area contributed by atoms with E-state index in [0.717, 1.165) is 34.4 Å². The maximum absolute atomic E-state index is 13.2. The van der Waals surface area contributed by atoms with Crippen molar-refractivity contribution in [2.45, 2.75) is 32.9 Å². The molecular weight excluding hydrogens is 386 g/mol. The third-order valence-corrected chi connectivity index (χ3v) is 5.90. The van der Waals surface area contributed by atoms with Crippen LogP contribution in [-0.2, 0) is 17.8 Å². The molecule has 4 heteroatoms. The molecule has 31 heavy (non-hydrogen) atoms. The van der Waals surface area contributed by atoms with Crippen LogP contribution in [0.15, 0.2) is 78.6 Å². The van der Waals surface area contributed by atoms with Crippen LogP contribution in [0, 0.1) is 6.92 Å². The normalized spacial score (nSPS) is 16.2. The van der Waals surface area contributed by atoms with Crippen molar-refractivity contribution in [1.29, 1.82) is 0 Å². The summed E-state index contributed by atoms with van der Waals surface area (Å²) < 4.78 is 5.50. The number of ether oxygens (including phenoxy) is 1. The van der Waals surface area contributed by atoms with Crippen molar-refractivity contribution in [1.82, 2.24) is 4.90 Å². The van der Waals surface area contributed by atoms with Crippen LogP contribution in [-0.4, -0.2) is 23.0 Å². The summed E-state index contributed by atoms with van der Waals surface area (Å²) in [5.41, 5.74) is 5.72. The molecule has 1 aliphatic rings. The number of benzene rings is 3. The Morgan fingerprint density at radius 2 is 1.65 bits per heavy atom. The Morgan fingerprint density at radius 1 is 0.968 bits per heavy atom. The van der Waals surface area contributed by atoms with E-state index in [1.807, 2.05) is 55.5 Å². The van der Waals surface area contributed by atoms with Gasteiger partial charge in [0.15, 0.2) is 5.76 Å². The number of aliphatic hydroxyl groups excluding tert-OH is 1. The van der Waals surface area contributed by atoms with Crippen LogP contribution in [0.25, 0.3) is 5.57 Å². The quantitative estimate of drug-likeness (QED) is 0.571. The molecule has 1 N–H and O–H groups in total. The lowest BCUT2D eigenvalue weighted by Gasteiger charge is -2.28. The first-order valence-corrected chi connectivity index (χ1v) is 10.5. The Morgan fingerprint density at radius 3 is 2.29 bits per heavy atom. The zero-order valence-electron chi connectivity index (χ0n) is 18.1. The van der Waals surface area contributed by atoms with Gasteiger partial charge < -0.3 is 14.7 Å². The van der Waals surface area contributed by atoms with Gasteiger partial charge in [0.2, 0.25) is 0 Å². The molecule has 0 aromatic heterocycles. The molecule has 0 saturated carbocycles. The second kappa shape index (κ2) is 8.68. The minimum absolute atomic E-state index is 0.191. The monoisotopic (exact) mass is 413 g/mol. The predicted octanol–water partition coefficient (Wildman–Crippen LogP) is 5.62. The van der Waals surface area contributed by atoms with Crippen LogP contribution in [0.4, 0.5) is 0 Å². The van der Waals surface area contributed by atoms with Gasteiger partial charge in [-0.1, -0.05) is 79.2 Å². The fourth-order valence-corrected chi connectivity index (χ4v) is 4.14. The molecular formula is C27H27NO3. The maximum Gasteiger partial charge on any atom is 0.290 e. The first kappa shape index (κ1) is 20.7. The number of amides is 1. The summed E-state index contributed by atoms with van der Waals surface area (Å²) in [5.74, 6) is 0.160. The van der Waals surface area contributed by atoms with Gasteiger partial charge >= 0.3 is 0 Å². The first-order valence-electron chi connectivity index (χ1n) is 10.5. The first-order chi connectivity index (χ1) is 15.0. The Bertz CT molecular complexity index is 1110. The van der Waals surface area contributed by atoms with Gasteiger partial charge in [0, 0.05) is 11.1 Å². The molecule has 1 aliphatic heterocycles. The molecule has 0 radical (unpaired) electrons. The molecule has 0 saturated heterocycles. The molecule has 4 rings (SSSR count). The highest BCUT2D eigenvalue weighted by Gasteiger charge is 2.41. The van der Waals surface area contributed by atoms with Crippen LogP contribution >= 0.6 is 0 Å². The van der Waals surface area contributed by atoms with E-state index in [0.29, 0.717) is 12.1 Å². The second-order valence-corrected chi connectivity index (χ2v) is 7.87. The number of hydrogen-bond acceptors (Lipinski definition) is 3. The van der Waals surface area contributed by atoms with Crippen LogP contribution in [0.2, 0.25) is 0 Å². The molecule has 0 unspecified atom stereocenters. The van der Waals surface area contributed by atoms with Gasteiger partial charge in [0.1, 0.15) is 5.75 Å².